The van der Waals surface area contributed by atoms with Crippen molar-refractivity contribution in [1.29, 1.82) is 0 Å². The molecule has 0 heterocycles. The van der Waals surface area contributed by atoms with E-state index in [1.54, 1.807) is 12.1 Å². The number of aromatic hydroxyl groups is 4. The van der Waals surface area contributed by atoms with Gasteiger partial charge in [0.05, 0.1) is 0 Å². The molecule has 3 aromatic carbocycles. The van der Waals surface area contributed by atoms with Gasteiger partial charge in [0.2, 0.25) is 0 Å². The summed E-state index contributed by atoms with van der Waals surface area (Å²) in [5.41, 5.74) is 3.50. The van der Waals surface area contributed by atoms with Gasteiger partial charge in [-0.05, 0) is 47.9 Å². The quantitative estimate of drug-likeness (QED) is 0.573. The molecule has 3 rings (SSSR count). The van der Waals surface area contributed by atoms with E-state index >= 15 is 0 Å². The van der Waals surface area contributed by atoms with Crippen molar-refractivity contribution < 1.29 is 20.4 Å². The Labute approximate surface area is 133 Å². The van der Waals surface area contributed by atoms with Crippen molar-refractivity contribution in [2.45, 2.75) is 6.92 Å². The molecular weight excluding hydrogens is 292 g/mol. The van der Waals surface area contributed by atoms with Crippen molar-refractivity contribution in [1.82, 2.24) is 0 Å². The second kappa shape index (κ2) is 5.57. The first-order valence-corrected chi connectivity index (χ1v) is 7.11. The molecule has 116 valence electrons. The smallest absolute Gasteiger partial charge is 0.127 e. The SMILES string of the molecule is Cc1cccc(-c2ccc(O)cc2O)c1-c1ccc(O)cc1O. The maximum atomic E-state index is 10.2. The number of benzene rings is 3. The van der Waals surface area contributed by atoms with E-state index in [2.05, 4.69) is 0 Å². The first-order valence-electron chi connectivity index (χ1n) is 7.11. The summed E-state index contributed by atoms with van der Waals surface area (Å²) in [6.45, 7) is 1.91. The minimum absolute atomic E-state index is 0.0196. The molecule has 0 spiro atoms. The van der Waals surface area contributed by atoms with Gasteiger partial charge in [-0.25, -0.2) is 0 Å². The van der Waals surface area contributed by atoms with Gasteiger partial charge >= 0.3 is 0 Å². The van der Waals surface area contributed by atoms with E-state index < -0.39 is 0 Å². The molecule has 0 radical (unpaired) electrons. The van der Waals surface area contributed by atoms with Gasteiger partial charge in [0.15, 0.2) is 0 Å². The van der Waals surface area contributed by atoms with Crippen molar-refractivity contribution in [3.63, 3.8) is 0 Å². The molecule has 0 saturated heterocycles. The van der Waals surface area contributed by atoms with E-state index in [0.717, 1.165) is 16.7 Å². The van der Waals surface area contributed by atoms with Gasteiger partial charge in [-0.3, -0.25) is 0 Å². The third-order valence-electron chi connectivity index (χ3n) is 3.79. The van der Waals surface area contributed by atoms with Crippen molar-refractivity contribution >= 4 is 0 Å². The molecule has 0 aliphatic rings. The lowest BCUT2D eigenvalue weighted by atomic mass is 9.90. The van der Waals surface area contributed by atoms with Crippen LogP contribution in [0.25, 0.3) is 22.3 Å². The summed E-state index contributed by atoms with van der Waals surface area (Å²) in [6.07, 6.45) is 0. The molecule has 0 aliphatic carbocycles. The number of hydrogen-bond acceptors (Lipinski definition) is 4. The van der Waals surface area contributed by atoms with Crippen molar-refractivity contribution in [3.8, 4) is 45.3 Å². The molecule has 23 heavy (non-hydrogen) atoms. The van der Waals surface area contributed by atoms with Crippen LogP contribution < -0.4 is 0 Å². The Bertz CT molecular complexity index is 885. The summed E-state index contributed by atoms with van der Waals surface area (Å²) >= 11 is 0. The number of phenols is 4. The molecule has 0 amide bonds. The molecule has 0 aromatic heterocycles. The third kappa shape index (κ3) is 2.66. The second-order valence-electron chi connectivity index (χ2n) is 5.40. The van der Waals surface area contributed by atoms with Crippen LogP contribution in [0.1, 0.15) is 5.56 Å². The van der Waals surface area contributed by atoms with Crippen LogP contribution in [0.5, 0.6) is 23.0 Å². The number of phenolic OH excluding ortho intramolecular Hbond substituents is 4. The number of aryl methyl sites for hydroxylation is 1. The summed E-state index contributed by atoms with van der Waals surface area (Å²) in [5, 5.41) is 39.3. The Morgan fingerprint density at radius 3 is 1.74 bits per heavy atom. The van der Waals surface area contributed by atoms with Gasteiger partial charge < -0.3 is 20.4 Å². The Hall–Kier alpha value is -3.14. The Kier molecular flexibility index (Phi) is 3.58. The molecule has 0 atom stereocenters. The molecule has 0 aliphatic heterocycles. The van der Waals surface area contributed by atoms with Gasteiger partial charge in [0.1, 0.15) is 23.0 Å². The van der Waals surface area contributed by atoms with Crippen LogP contribution in [0.3, 0.4) is 0 Å². The van der Waals surface area contributed by atoms with E-state index in [1.807, 2.05) is 25.1 Å². The summed E-state index contributed by atoms with van der Waals surface area (Å²) < 4.78 is 0. The highest BCUT2D eigenvalue weighted by atomic mass is 16.3. The zero-order chi connectivity index (χ0) is 16.6. The van der Waals surface area contributed by atoms with E-state index in [1.165, 1.54) is 24.3 Å². The van der Waals surface area contributed by atoms with Gasteiger partial charge in [-0.1, -0.05) is 18.2 Å². The van der Waals surface area contributed by atoms with Gasteiger partial charge in [-0.2, -0.15) is 0 Å². The highest BCUT2D eigenvalue weighted by molar-refractivity contribution is 5.90. The van der Waals surface area contributed by atoms with Crippen LogP contribution in [-0.2, 0) is 0 Å². The third-order valence-corrected chi connectivity index (χ3v) is 3.79. The molecule has 0 fully saturated rings. The summed E-state index contributed by atoms with van der Waals surface area (Å²) in [7, 11) is 0. The van der Waals surface area contributed by atoms with Crippen LogP contribution in [-0.4, -0.2) is 20.4 Å². The Morgan fingerprint density at radius 2 is 1.17 bits per heavy atom. The normalized spacial score (nSPS) is 10.7. The maximum Gasteiger partial charge on any atom is 0.127 e. The summed E-state index contributed by atoms with van der Waals surface area (Å²) in [6, 6.07) is 14.4. The number of rotatable bonds is 2. The van der Waals surface area contributed by atoms with Crippen LogP contribution in [0.15, 0.2) is 54.6 Å². The van der Waals surface area contributed by atoms with E-state index in [4.69, 9.17) is 0 Å². The Balaban J connectivity index is 2.29. The topological polar surface area (TPSA) is 80.9 Å². The molecule has 4 heteroatoms. The van der Waals surface area contributed by atoms with E-state index in [-0.39, 0.29) is 23.0 Å². The molecule has 3 aromatic rings. The lowest BCUT2D eigenvalue weighted by Gasteiger charge is -2.15. The fraction of sp³-hybridized carbons (Fsp3) is 0.0526. The lowest BCUT2D eigenvalue weighted by molar-refractivity contribution is 0.450. The Morgan fingerprint density at radius 1 is 0.609 bits per heavy atom. The van der Waals surface area contributed by atoms with Crippen molar-refractivity contribution in [2.24, 2.45) is 0 Å². The maximum absolute atomic E-state index is 10.2. The van der Waals surface area contributed by atoms with Crippen molar-refractivity contribution in [3.05, 3.63) is 60.2 Å². The average Bonchev–Trinajstić information content (AvgIpc) is 2.48. The average molecular weight is 308 g/mol. The molecule has 0 saturated carbocycles. The van der Waals surface area contributed by atoms with Gasteiger partial charge in [-0.15, -0.1) is 0 Å². The van der Waals surface area contributed by atoms with Gasteiger partial charge in [0.25, 0.3) is 0 Å². The molecule has 0 unspecified atom stereocenters. The van der Waals surface area contributed by atoms with Crippen LogP contribution in [0, 0.1) is 6.92 Å². The molecule has 4 N–H and O–H groups in total. The fourth-order valence-electron chi connectivity index (χ4n) is 2.73. The number of hydrogen-bond donors (Lipinski definition) is 4. The van der Waals surface area contributed by atoms with E-state index in [9.17, 15) is 20.4 Å². The summed E-state index contributed by atoms with van der Waals surface area (Å²) in [4.78, 5) is 0. The summed E-state index contributed by atoms with van der Waals surface area (Å²) in [5.74, 6) is -0.129. The molecular formula is C19H16O4. The fourth-order valence-corrected chi connectivity index (χ4v) is 2.73. The van der Waals surface area contributed by atoms with Gasteiger partial charge in [0, 0.05) is 23.3 Å². The highest BCUT2D eigenvalue weighted by Crippen LogP contribution is 2.43. The minimum atomic E-state index is -0.0462. The van der Waals surface area contributed by atoms with Crippen LogP contribution in [0.2, 0.25) is 0 Å². The largest absolute Gasteiger partial charge is 0.508 e. The monoisotopic (exact) mass is 308 g/mol. The molecule has 4 nitrogen and oxygen atoms in total. The second-order valence-corrected chi connectivity index (χ2v) is 5.40. The first-order chi connectivity index (χ1) is 11.0. The predicted molar refractivity (Wildman–Crippen MR) is 88.7 cm³/mol. The standard InChI is InChI=1S/C19H16O4/c1-11-3-2-4-15(14-7-5-12(20)9-17(14)22)19(11)16-8-6-13(21)10-18(16)23/h2-10,20-23H,1H3. The zero-order valence-corrected chi connectivity index (χ0v) is 12.5. The minimum Gasteiger partial charge on any atom is -0.508 e. The highest BCUT2D eigenvalue weighted by Gasteiger charge is 2.16. The van der Waals surface area contributed by atoms with Crippen molar-refractivity contribution in [2.75, 3.05) is 0 Å². The van der Waals surface area contributed by atoms with Crippen LogP contribution >= 0.6 is 0 Å². The van der Waals surface area contributed by atoms with E-state index in [0.29, 0.717) is 11.1 Å². The zero-order valence-electron chi connectivity index (χ0n) is 12.5. The lowest BCUT2D eigenvalue weighted by Crippen LogP contribution is -1.90. The molecule has 0 bridgehead atoms. The first kappa shape index (κ1) is 14.8. The predicted octanol–water partition coefficient (Wildman–Crippen LogP) is 4.15. The van der Waals surface area contributed by atoms with Crippen LogP contribution in [0.4, 0.5) is 0 Å².